The third kappa shape index (κ3) is 3.91. The van der Waals surface area contributed by atoms with Gasteiger partial charge in [-0.2, -0.15) is 5.26 Å². The zero-order valence-electron chi connectivity index (χ0n) is 15.8. The fraction of sp³-hybridized carbons (Fsp3) is 0.318. The van der Waals surface area contributed by atoms with E-state index in [1.165, 1.54) is 14.6 Å². The molecular formula is C22H23N4OS+. The van der Waals surface area contributed by atoms with Crippen LogP contribution in [0.4, 0.5) is 5.69 Å². The molecule has 2 heterocycles. The van der Waals surface area contributed by atoms with Crippen LogP contribution in [0.2, 0.25) is 0 Å². The number of amides is 1. The van der Waals surface area contributed by atoms with Gasteiger partial charge in [0.25, 0.3) is 5.91 Å². The Labute approximate surface area is 168 Å². The molecule has 1 aliphatic rings. The molecule has 1 amide bonds. The molecule has 2 aromatic carbocycles. The van der Waals surface area contributed by atoms with Gasteiger partial charge >= 0.3 is 0 Å². The molecule has 1 saturated heterocycles. The molecule has 0 saturated carbocycles. The van der Waals surface area contributed by atoms with Gasteiger partial charge in [0.15, 0.2) is 6.04 Å². The number of carbonyl (C=O) groups excluding carboxylic acids is 1. The number of quaternary nitrogens is 1. The summed E-state index contributed by atoms with van der Waals surface area (Å²) in [4.78, 5) is 18.9. The molecule has 0 aliphatic carbocycles. The van der Waals surface area contributed by atoms with E-state index in [0.717, 1.165) is 31.4 Å². The van der Waals surface area contributed by atoms with Crippen LogP contribution >= 0.6 is 11.3 Å². The third-order valence-electron chi connectivity index (χ3n) is 5.48. The van der Waals surface area contributed by atoms with Crippen molar-refractivity contribution in [3.05, 3.63) is 59.1 Å². The van der Waals surface area contributed by atoms with Gasteiger partial charge in [-0.05, 0) is 50.1 Å². The molecule has 1 fully saturated rings. The molecule has 28 heavy (non-hydrogen) atoms. The van der Waals surface area contributed by atoms with Crippen LogP contribution < -0.4 is 10.2 Å². The first-order valence-electron chi connectivity index (χ1n) is 9.65. The minimum Gasteiger partial charge on any atom is -0.324 e. The zero-order chi connectivity index (χ0) is 19.5. The smallest absolute Gasteiger partial charge is 0.282 e. The summed E-state index contributed by atoms with van der Waals surface area (Å²) in [5.41, 5.74) is 2.29. The average Bonchev–Trinajstić information content (AvgIpc) is 3.18. The molecule has 6 heteroatoms. The molecule has 0 bridgehead atoms. The summed E-state index contributed by atoms with van der Waals surface area (Å²) in [5, 5.41) is 13.2. The molecule has 1 aromatic heterocycles. The number of rotatable bonds is 4. The lowest BCUT2D eigenvalue weighted by molar-refractivity contribution is -0.920. The second-order valence-electron chi connectivity index (χ2n) is 7.37. The van der Waals surface area contributed by atoms with E-state index in [1.807, 2.05) is 19.1 Å². The molecule has 5 nitrogen and oxygen atoms in total. The molecule has 1 unspecified atom stereocenters. The van der Waals surface area contributed by atoms with Gasteiger partial charge in [-0.15, -0.1) is 11.3 Å². The first-order valence-corrected chi connectivity index (χ1v) is 10.5. The van der Waals surface area contributed by atoms with Gasteiger partial charge in [-0.3, -0.25) is 4.79 Å². The van der Waals surface area contributed by atoms with E-state index in [0.29, 0.717) is 17.2 Å². The van der Waals surface area contributed by atoms with Crippen molar-refractivity contribution < 1.29 is 9.69 Å². The molecule has 2 N–H and O–H groups in total. The number of anilines is 1. The first kappa shape index (κ1) is 18.6. The molecule has 142 valence electrons. The Morgan fingerprint density at radius 1 is 1.32 bits per heavy atom. The van der Waals surface area contributed by atoms with Gasteiger partial charge in [0, 0.05) is 5.69 Å². The van der Waals surface area contributed by atoms with E-state index in [2.05, 4.69) is 29.6 Å². The minimum atomic E-state index is -0.150. The lowest BCUT2D eigenvalue weighted by Gasteiger charge is -2.32. The Bertz CT molecular complexity index is 1010. The van der Waals surface area contributed by atoms with Crippen LogP contribution in [0.5, 0.6) is 0 Å². The summed E-state index contributed by atoms with van der Waals surface area (Å²) in [7, 11) is 0. The second-order valence-corrected chi connectivity index (χ2v) is 8.44. The summed E-state index contributed by atoms with van der Waals surface area (Å²) in [6.45, 7) is 3.90. The van der Waals surface area contributed by atoms with Gasteiger partial charge in [0.2, 0.25) is 0 Å². The van der Waals surface area contributed by atoms with E-state index in [9.17, 15) is 4.79 Å². The number of fused-ring (bicyclic) bond motifs is 1. The SMILES string of the molecule is C[C@H](C(=O)Nc1cccc(C#N)c1)[NH+]1CCC[C@H](c2nc3ccccc3s2)C1. The van der Waals surface area contributed by atoms with Crippen LogP contribution in [0, 0.1) is 11.3 Å². The maximum Gasteiger partial charge on any atom is 0.282 e. The number of hydrogen-bond donors (Lipinski definition) is 2. The van der Waals surface area contributed by atoms with Crippen molar-refractivity contribution in [3.8, 4) is 6.07 Å². The molecule has 4 rings (SSSR count). The van der Waals surface area contributed by atoms with Gasteiger partial charge in [-0.25, -0.2) is 4.98 Å². The van der Waals surface area contributed by atoms with Gasteiger partial charge < -0.3 is 10.2 Å². The van der Waals surface area contributed by atoms with Crippen LogP contribution in [0.3, 0.4) is 0 Å². The summed E-state index contributed by atoms with van der Waals surface area (Å²) >= 11 is 1.78. The molecule has 0 spiro atoms. The van der Waals surface area contributed by atoms with E-state index in [1.54, 1.807) is 29.5 Å². The maximum absolute atomic E-state index is 12.8. The molecule has 3 atom stereocenters. The number of para-hydroxylation sites is 1. The monoisotopic (exact) mass is 391 g/mol. The Hall–Kier alpha value is -2.75. The standard InChI is InChI=1S/C22H22N4OS/c1-15(21(27)24-18-8-4-6-16(12-18)13-23)26-11-5-7-17(14-26)22-25-19-9-2-3-10-20(19)28-22/h2-4,6,8-10,12,15,17H,5,7,11,14H2,1H3,(H,24,27)/p+1/t15-,17+/m1/s1. The number of nitrogens with one attached hydrogen (secondary N) is 2. The highest BCUT2D eigenvalue weighted by atomic mass is 32.1. The number of benzene rings is 2. The van der Waals surface area contributed by atoms with Gasteiger partial charge in [0.05, 0.1) is 40.9 Å². The van der Waals surface area contributed by atoms with E-state index in [4.69, 9.17) is 10.2 Å². The van der Waals surface area contributed by atoms with Crippen molar-refractivity contribution in [3.63, 3.8) is 0 Å². The maximum atomic E-state index is 12.8. The summed E-state index contributed by atoms with van der Waals surface area (Å²) in [5.74, 6) is 0.397. The fourth-order valence-corrected chi connectivity index (χ4v) is 4.97. The highest BCUT2D eigenvalue weighted by Gasteiger charge is 2.33. The number of piperidine rings is 1. The van der Waals surface area contributed by atoms with Crippen LogP contribution in [0.15, 0.2) is 48.5 Å². The first-order chi connectivity index (χ1) is 13.6. The molecular weight excluding hydrogens is 368 g/mol. The van der Waals surface area contributed by atoms with Gasteiger partial charge in [-0.1, -0.05) is 18.2 Å². The quantitative estimate of drug-likeness (QED) is 0.718. The Morgan fingerprint density at radius 3 is 3.00 bits per heavy atom. The number of likely N-dealkylation sites (tertiary alicyclic amines) is 1. The van der Waals surface area contributed by atoms with Crippen LogP contribution in [-0.4, -0.2) is 30.0 Å². The Morgan fingerprint density at radius 2 is 2.18 bits per heavy atom. The number of aromatic nitrogens is 1. The minimum absolute atomic E-state index is 0.00459. The van der Waals surface area contributed by atoms with Crippen molar-refractivity contribution >= 4 is 33.1 Å². The molecule has 3 aromatic rings. The number of hydrogen-bond acceptors (Lipinski definition) is 4. The number of nitriles is 1. The number of thiazole rings is 1. The van der Waals surface area contributed by atoms with Crippen molar-refractivity contribution in [1.82, 2.24) is 4.98 Å². The predicted molar refractivity (Wildman–Crippen MR) is 112 cm³/mol. The summed E-state index contributed by atoms with van der Waals surface area (Å²) < 4.78 is 1.23. The Kier molecular flexibility index (Phi) is 5.38. The summed E-state index contributed by atoms with van der Waals surface area (Å²) in [6.07, 6.45) is 2.22. The van der Waals surface area contributed by atoms with E-state index >= 15 is 0 Å². The van der Waals surface area contributed by atoms with Crippen LogP contribution in [0.1, 0.15) is 36.3 Å². The van der Waals surface area contributed by atoms with Crippen LogP contribution in [0.25, 0.3) is 10.2 Å². The Balaban J connectivity index is 1.44. The van der Waals surface area contributed by atoms with Crippen molar-refractivity contribution in [2.24, 2.45) is 0 Å². The number of carbonyl (C=O) groups is 1. The van der Waals surface area contributed by atoms with Gasteiger partial charge in [0.1, 0.15) is 5.01 Å². The molecule has 0 radical (unpaired) electrons. The zero-order valence-corrected chi connectivity index (χ0v) is 16.6. The van der Waals surface area contributed by atoms with Crippen LogP contribution in [-0.2, 0) is 4.79 Å². The highest BCUT2D eigenvalue weighted by Crippen LogP contribution is 2.30. The topological polar surface area (TPSA) is 70.2 Å². The fourth-order valence-electron chi connectivity index (χ4n) is 3.87. The lowest BCUT2D eigenvalue weighted by Crippen LogP contribution is -3.17. The van der Waals surface area contributed by atoms with E-state index < -0.39 is 0 Å². The average molecular weight is 392 g/mol. The highest BCUT2D eigenvalue weighted by molar-refractivity contribution is 7.18. The largest absolute Gasteiger partial charge is 0.324 e. The van der Waals surface area contributed by atoms with E-state index in [-0.39, 0.29) is 11.9 Å². The third-order valence-corrected chi connectivity index (χ3v) is 6.68. The van der Waals surface area contributed by atoms with Crippen molar-refractivity contribution in [1.29, 1.82) is 5.26 Å². The normalized spacial score (nSPS) is 20.4. The van der Waals surface area contributed by atoms with Crippen molar-refractivity contribution in [2.45, 2.75) is 31.7 Å². The molecule has 1 aliphatic heterocycles. The van der Waals surface area contributed by atoms with Crippen molar-refractivity contribution in [2.75, 3.05) is 18.4 Å². The summed E-state index contributed by atoms with van der Waals surface area (Å²) in [6, 6.07) is 17.3. The predicted octanol–water partition coefficient (Wildman–Crippen LogP) is 2.96. The number of nitrogens with zero attached hydrogens (tertiary/aromatic N) is 2. The second kappa shape index (κ2) is 8.09. The lowest BCUT2D eigenvalue weighted by atomic mass is 9.97.